The summed E-state index contributed by atoms with van der Waals surface area (Å²) >= 11 is 0. The van der Waals surface area contributed by atoms with Gasteiger partial charge in [0, 0.05) is 13.1 Å². The van der Waals surface area contributed by atoms with E-state index in [9.17, 15) is 4.79 Å². The first-order valence-corrected chi connectivity index (χ1v) is 11.3. The minimum Gasteiger partial charge on any atom is -0.444 e. The Kier molecular flexibility index (Phi) is 6.32. The summed E-state index contributed by atoms with van der Waals surface area (Å²) in [6, 6.07) is 6.71. The molecule has 1 aromatic rings. The molecule has 0 saturated carbocycles. The highest BCUT2D eigenvalue weighted by molar-refractivity contribution is 6.62. The molecule has 2 heterocycles. The van der Waals surface area contributed by atoms with Gasteiger partial charge >= 0.3 is 13.2 Å². The maximum Gasteiger partial charge on any atom is 0.495 e. The van der Waals surface area contributed by atoms with Crippen LogP contribution in [0.2, 0.25) is 0 Å². The van der Waals surface area contributed by atoms with Gasteiger partial charge in [-0.05, 0) is 90.2 Å². The van der Waals surface area contributed by atoms with E-state index < -0.39 is 5.60 Å². The van der Waals surface area contributed by atoms with Gasteiger partial charge in [-0.1, -0.05) is 25.1 Å². The molecule has 0 bridgehead atoms. The van der Waals surface area contributed by atoms with Crippen LogP contribution in [0.1, 0.15) is 85.3 Å². The molecule has 0 radical (unpaired) electrons. The Bertz CT molecular complexity index is 760. The van der Waals surface area contributed by atoms with Crippen molar-refractivity contribution >= 4 is 18.7 Å². The van der Waals surface area contributed by atoms with Crippen LogP contribution < -0.4 is 5.46 Å². The number of likely N-dealkylation sites (tertiary alicyclic amines) is 1. The van der Waals surface area contributed by atoms with Gasteiger partial charge in [0.2, 0.25) is 0 Å². The minimum atomic E-state index is -0.451. The fourth-order valence-corrected chi connectivity index (χ4v) is 4.11. The lowest BCUT2D eigenvalue weighted by molar-refractivity contribution is 0.00578. The van der Waals surface area contributed by atoms with Gasteiger partial charge in [-0.15, -0.1) is 0 Å². The molecule has 0 atom stereocenters. The summed E-state index contributed by atoms with van der Waals surface area (Å²) in [6.45, 7) is 17.7. The van der Waals surface area contributed by atoms with E-state index in [1.54, 1.807) is 0 Å². The molecule has 2 saturated heterocycles. The van der Waals surface area contributed by atoms with E-state index in [1.807, 2.05) is 25.7 Å². The van der Waals surface area contributed by atoms with Crippen molar-refractivity contribution in [2.24, 2.45) is 0 Å². The average Bonchev–Trinajstić information content (AvgIpc) is 2.87. The minimum absolute atomic E-state index is 0.202. The first-order chi connectivity index (χ1) is 13.8. The molecular formula is C24H38BNO4. The first-order valence-electron chi connectivity index (χ1n) is 11.3. The number of benzene rings is 1. The summed E-state index contributed by atoms with van der Waals surface area (Å²) in [5.41, 5.74) is 2.63. The van der Waals surface area contributed by atoms with Crippen molar-refractivity contribution in [1.82, 2.24) is 4.90 Å². The van der Waals surface area contributed by atoms with E-state index >= 15 is 0 Å². The van der Waals surface area contributed by atoms with E-state index in [4.69, 9.17) is 14.0 Å². The second kappa shape index (κ2) is 8.20. The summed E-state index contributed by atoms with van der Waals surface area (Å²) < 4.78 is 18.1. The molecular weight excluding hydrogens is 377 g/mol. The molecule has 1 aromatic carbocycles. The van der Waals surface area contributed by atoms with Gasteiger partial charge in [0.25, 0.3) is 0 Å². The number of rotatable bonds is 3. The molecule has 6 heteroatoms. The van der Waals surface area contributed by atoms with Crippen LogP contribution in [0.3, 0.4) is 0 Å². The molecule has 5 nitrogen and oxygen atoms in total. The van der Waals surface area contributed by atoms with Crippen LogP contribution in [0.15, 0.2) is 18.2 Å². The smallest absolute Gasteiger partial charge is 0.444 e. The summed E-state index contributed by atoms with van der Waals surface area (Å²) in [5.74, 6) is 0.460. The fourth-order valence-electron chi connectivity index (χ4n) is 4.11. The van der Waals surface area contributed by atoms with Gasteiger partial charge < -0.3 is 18.9 Å². The van der Waals surface area contributed by atoms with Gasteiger partial charge in [-0.3, -0.25) is 0 Å². The highest BCUT2D eigenvalue weighted by atomic mass is 16.7. The molecule has 0 unspecified atom stereocenters. The Morgan fingerprint density at radius 1 is 1.13 bits per heavy atom. The molecule has 0 N–H and O–H groups in total. The van der Waals surface area contributed by atoms with Gasteiger partial charge in [-0.2, -0.15) is 0 Å². The topological polar surface area (TPSA) is 48.0 Å². The number of hydrogen-bond acceptors (Lipinski definition) is 4. The van der Waals surface area contributed by atoms with Gasteiger partial charge in [0.05, 0.1) is 11.2 Å². The quantitative estimate of drug-likeness (QED) is 0.674. The number of hydrogen-bond donors (Lipinski definition) is 0. The zero-order valence-electron chi connectivity index (χ0n) is 20.0. The summed E-state index contributed by atoms with van der Waals surface area (Å²) in [6.07, 6.45) is 2.65. The molecule has 2 aliphatic rings. The normalized spacial score (nSPS) is 21.7. The van der Waals surface area contributed by atoms with E-state index in [2.05, 4.69) is 52.8 Å². The summed E-state index contributed by atoms with van der Waals surface area (Å²) in [7, 11) is -0.326. The molecule has 2 aliphatic heterocycles. The molecule has 0 aliphatic carbocycles. The molecule has 30 heavy (non-hydrogen) atoms. The van der Waals surface area contributed by atoms with Crippen LogP contribution in [0.5, 0.6) is 0 Å². The Morgan fingerprint density at radius 3 is 2.20 bits per heavy atom. The Balaban J connectivity index is 1.69. The van der Waals surface area contributed by atoms with Crippen LogP contribution in [-0.4, -0.2) is 48.0 Å². The second-order valence-electron chi connectivity index (χ2n) is 10.6. The third kappa shape index (κ3) is 4.86. The Labute approximate surface area is 182 Å². The zero-order chi connectivity index (χ0) is 22.3. The van der Waals surface area contributed by atoms with Crippen molar-refractivity contribution in [2.75, 3.05) is 13.1 Å². The number of carbonyl (C=O) groups is 1. The standard InChI is InChI=1S/C24H38BNO4/c1-9-17-16-19(10-11-20(17)25-29-23(5,6)24(7,8)30-25)18-12-14-26(15-13-18)21(27)28-22(2,3)4/h10-11,16,18H,9,12-15H2,1-8H3. The number of amides is 1. The van der Waals surface area contributed by atoms with E-state index in [-0.39, 0.29) is 24.4 Å². The monoisotopic (exact) mass is 415 g/mol. The average molecular weight is 415 g/mol. The number of carbonyl (C=O) groups excluding carboxylic acids is 1. The van der Waals surface area contributed by atoms with Crippen molar-refractivity contribution < 1.29 is 18.8 Å². The highest BCUT2D eigenvalue weighted by Gasteiger charge is 2.52. The van der Waals surface area contributed by atoms with Crippen LogP contribution in [0, 0.1) is 0 Å². The number of piperidine rings is 1. The fraction of sp³-hybridized carbons (Fsp3) is 0.708. The van der Waals surface area contributed by atoms with Crippen molar-refractivity contribution in [3.8, 4) is 0 Å². The van der Waals surface area contributed by atoms with Gasteiger partial charge in [-0.25, -0.2) is 4.79 Å². The lowest BCUT2D eigenvalue weighted by Crippen LogP contribution is -2.41. The maximum absolute atomic E-state index is 12.3. The van der Waals surface area contributed by atoms with Crippen molar-refractivity contribution in [1.29, 1.82) is 0 Å². The molecule has 3 rings (SSSR count). The van der Waals surface area contributed by atoms with Crippen LogP contribution in [-0.2, 0) is 20.5 Å². The Hall–Kier alpha value is -1.53. The third-order valence-corrected chi connectivity index (χ3v) is 6.67. The predicted molar refractivity (Wildman–Crippen MR) is 121 cm³/mol. The molecule has 1 amide bonds. The molecule has 166 valence electrons. The number of nitrogens with zero attached hydrogens (tertiary/aromatic N) is 1. The van der Waals surface area contributed by atoms with Crippen LogP contribution >= 0.6 is 0 Å². The molecule has 0 spiro atoms. The molecule has 2 fully saturated rings. The third-order valence-electron chi connectivity index (χ3n) is 6.67. The van der Waals surface area contributed by atoms with Crippen LogP contribution in [0.25, 0.3) is 0 Å². The number of ether oxygens (including phenoxy) is 1. The van der Waals surface area contributed by atoms with Crippen LogP contribution in [0.4, 0.5) is 4.79 Å². The lowest BCUT2D eigenvalue weighted by Gasteiger charge is -2.34. The molecule has 0 aromatic heterocycles. The maximum atomic E-state index is 12.3. The van der Waals surface area contributed by atoms with E-state index in [1.165, 1.54) is 11.1 Å². The predicted octanol–water partition coefficient (Wildman–Crippen LogP) is 4.66. The first kappa shape index (κ1) is 23.1. The van der Waals surface area contributed by atoms with Crippen molar-refractivity contribution in [3.05, 3.63) is 29.3 Å². The van der Waals surface area contributed by atoms with Crippen molar-refractivity contribution in [3.63, 3.8) is 0 Å². The lowest BCUT2D eigenvalue weighted by atomic mass is 9.73. The SMILES string of the molecule is CCc1cc(C2CCN(C(=O)OC(C)(C)C)CC2)ccc1B1OC(C)(C)C(C)(C)O1. The van der Waals surface area contributed by atoms with E-state index in [0.29, 0.717) is 5.92 Å². The summed E-state index contributed by atoms with van der Waals surface area (Å²) in [5, 5.41) is 0. The highest BCUT2D eigenvalue weighted by Crippen LogP contribution is 2.37. The van der Waals surface area contributed by atoms with E-state index in [0.717, 1.165) is 37.8 Å². The van der Waals surface area contributed by atoms with Crippen molar-refractivity contribution in [2.45, 2.75) is 97.4 Å². The number of aryl methyl sites for hydroxylation is 1. The Morgan fingerprint density at radius 2 is 1.70 bits per heavy atom. The summed E-state index contributed by atoms with van der Waals surface area (Å²) in [4.78, 5) is 14.2. The zero-order valence-corrected chi connectivity index (χ0v) is 20.0. The largest absolute Gasteiger partial charge is 0.495 e. The van der Waals surface area contributed by atoms with Gasteiger partial charge in [0.1, 0.15) is 5.60 Å². The second-order valence-corrected chi connectivity index (χ2v) is 10.6. The van der Waals surface area contributed by atoms with Gasteiger partial charge in [0.15, 0.2) is 0 Å².